The van der Waals surface area contributed by atoms with Crippen LogP contribution in [0, 0.1) is 18.7 Å². The van der Waals surface area contributed by atoms with Gasteiger partial charge in [-0.1, -0.05) is 36.4 Å². The minimum Gasteiger partial charge on any atom is -0.388 e. The number of thiophene rings is 1. The topological polar surface area (TPSA) is 114 Å². The van der Waals surface area contributed by atoms with Gasteiger partial charge in [-0.05, 0) is 62.8 Å². The van der Waals surface area contributed by atoms with Crippen molar-refractivity contribution in [2.75, 3.05) is 26.2 Å². The van der Waals surface area contributed by atoms with Crippen LogP contribution in [0.4, 0.5) is 4.39 Å². The molecule has 5 aromatic rings. The van der Waals surface area contributed by atoms with E-state index in [-0.39, 0.29) is 47.2 Å². The van der Waals surface area contributed by atoms with Crippen molar-refractivity contribution in [3.8, 4) is 10.4 Å². The number of hydrogen-bond donors (Lipinski definition) is 1. The molecule has 2 atom stereocenters. The van der Waals surface area contributed by atoms with Gasteiger partial charge in [0, 0.05) is 72.6 Å². The lowest BCUT2D eigenvalue weighted by molar-refractivity contribution is -0.142. The van der Waals surface area contributed by atoms with Crippen molar-refractivity contribution in [2.45, 2.75) is 63.1 Å². The van der Waals surface area contributed by atoms with Gasteiger partial charge in [-0.3, -0.25) is 23.9 Å². The third-order valence-electron chi connectivity index (χ3n) is 10.6. The monoisotopic (exact) mass is 694 g/mol. The molecule has 6 heterocycles. The number of rotatable bonds is 7. The summed E-state index contributed by atoms with van der Waals surface area (Å²) in [5.74, 6) is -1.59. The van der Waals surface area contributed by atoms with Gasteiger partial charge in [0.2, 0.25) is 5.91 Å². The van der Waals surface area contributed by atoms with Crippen LogP contribution in [0.1, 0.15) is 65.0 Å². The largest absolute Gasteiger partial charge is 0.388 e. The van der Waals surface area contributed by atoms with E-state index < -0.39 is 11.4 Å². The van der Waals surface area contributed by atoms with E-state index in [4.69, 9.17) is 0 Å². The first-order chi connectivity index (χ1) is 24.2. The van der Waals surface area contributed by atoms with E-state index in [1.165, 1.54) is 17.0 Å². The SMILES string of the molecule is Cc1ccc(-c2cc(F)c(C(=O)N3CC[C@@H](C(=O)N4CCC(O)(Cn5cnc6c(ccn6C6CC6)c5=O)CC4)[C@H](c4ccccc4)C3)s2)cn1. The highest BCUT2D eigenvalue weighted by Gasteiger charge is 2.42. The zero-order valence-electron chi connectivity index (χ0n) is 27.9. The average molecular weight is 695 g/mol. The minimum atomic E-state index is -1.15. The maximum absolute atomic E-state index is 15.2. The van der Waals surface area contributed by atoms with Gasteiger partial charge >= 0.3 is 0 Å². The number of fused-ring (bicyclic) bond motifs is 1. The molecular formula is C38H39FN6O4S. The predicted molar refractivity (Wildman–Crippen MR) is 188 cm³/mol. The Morgan fingerprint density at radius 1 is 1.00 bits per heavy atom. The Morgan fingerprint density at radius 3 is 2.50 bits per heavy atom. The quantitative estimate of drug-likeness (QED) is 0.244. The molecule has 2 amide bonds. The van der Waals surface area contributed by atoms with E-state index in [1.807, 2.05) is 66.6 Å². The Balaban J connectivity index is 0.956. The Hall–Kier alpha value is -4.68. The molecule has 1 aliphatic carbocycles. The molecule has 12 heteroatoms. The number of nitrogens with zero attached hydrogens (tertiary/aromatic N) is 6. The molecule has 2 aliphatic heterocycles. The van der Waals surface area contributed by atoms with Gasteiger partial charge in [0.1, 0.15) is 22.7 Å². The Labute approximate surface area is 292 Å². The summed E-state index contributed by atoms with van der Waals surface area (Å²) in [6.45, 7) is 3.32. The van der Waals surface area contributed by atoms with Crippen LogP contribution in [-0.4, -0.2) is 77.6 Å². The molecule has 0 unspecified atom stereocenters. The molecule has 4 aromatic heterocycles. The number of hydrogen-bond acceptors (Lipinski definition) is 7. The summed E-state index contributed by atoms with van der Waals surface area (Å²) in [7, 11) is 0. The summed E-state index contributed by atoms with van der Waals surface area (Å²) >= 11 is 1.12. The van der Waals surface area contributed by atoms with Crippen LogP contribution in [0.15, 0.2) is 78.1 Å². The molecule has 2 saturated heterocycles. The fourth-order valence-electron chi connectivity index (χ4n) is 7.57. The molecule has 1 aromatic carbocycles. The summed E-state index contributed by atoms with van der Waals surface area (Å²) in [6.07, 6.45) is 8.42. The van der Waals surface area contributed by atoms with Gasteiger partial charge in [-0.2, -0.15) is 0 Å². The van der Waals surface area contributed by atoms with Crippen molar-refractivity contribution in [3.63, 3.8) is 0 Å². The Kier molecular flexibility index (Phi) is 8.39. The number of carbonyl (C=O) groups excluding carboxylic acids is 2. The maximum atomic E-state index is 15.2. The molecule has 0 radical (unpaired) electrons. The first-order valence-corrected chi connectivity index (χ1v) is 18.1. The van der Waals surface area contributed by atoms with Crippen molar-refractivity contribution >= 4 is 34.2 Å². The second-order valence-electron chi connectivity index (χ2n) is 14.1. The number of aliphatic hydroxyl groups is 1. The fourth-order valence-corrected chi connectivity index (χ4v) is 8.56. The van der Waals surface area contributed by atoms with Gasteiger partial charge in [0.05, 0.1) is 17.5 Å². The lowest BCUT2D eigenvalue weighted by atomic mass is 9.79. The lowest BCUT2D eigenvalue weighted by Crippen LogP contribution is -2.53. The molecular weight excluding hydrogens is 656 g/mol. The number of carbonyl (C=O) groups is 2. The van der Waals surface area contributed by atoms with Crippen molar-refractivity contribution in [1.29, 1.82) is 0 Å². The predicted octanol–water partition coefficient (Wildman–Crippen LogP) is 5.40. The number of likely N-dealkylation sites (tertiary alicyclic amines) is 2. The molecule has 3 aliphatic rings. The number of aromatic nitrogens is 4. The van der Waals surface area contributed by atoms with Crippen LogP contribution in [-0.2, 0) is 11.3 Å². The van der Waals surface area contributed by atoms with E-state index in [0.29, 0.717) is 60.8 Å². The van der Waals surface area contributed by atoms with E-state index >= 15 is 4.39 Å². The van der Waals surface area contributed by atoms with Crippen molar-refractivity contribution < 1.29 is 19.1 Å². The van der Waals surface area contributed by atoms with Crippen LogP contribution < -0.4 is 5.56 Å². The summed E-state index contributed by atoms with van der Waals surface area (Å²) in [6, 6.07) is 17.1. The standard InChI is InChI=1S/C38H39FN6O4S/c1-24-7-8-26(20-40-24)32-19-31(39)33(50-32)37(48)43-15-11-28(30(21-43)25-5-3-2-4-6-25)35(46)42-17-13-38(49,14-18-42)22-44-23-41-34-29(36(44)47)12-16-45(34)27-9-10-27/h2-8,12,16,19-20,23,27-28,30,49H,9-11,13-15,17-18,21-22H2,1H3/t28-,30+/m1/s1. The number of pyridine rings is 1. The molecule has 50 heavy (non-hydrogen) atoms. The summed E-state index contributed by atoms with van der Waals surface area (Å²) in [5, 5.41) is 12.1. The lowest BCUT2D eigenvalue weighted by Gasteiger charge is -2.43. The van der Waals surface area contributed by atoms with Gasteiger partial charge < -0.3 is 19.5 Å². The van der Waals surface area contributed by atoms with E-state index in [0.717, 1.165) is 41.0 Å². The molecule has 3 fully saturated rings. The van der Waals surface area contributed by atoms with Crippen LogP contribution in [0.5, 0.6) is 0 Å². The zero-order chi connectivity index (χ0) is 34.6. The molecule has 8 rings (SSSR count). The van der Waals surface area contributed by atoms with Crippen LogP contribution >= 0.6 is 11.3 Å². The minimum absolute atomic E-state index is 0.00821. The molecule has 10 nitrogen and oxygen atoms in total. The molecule has 258 valence electrons. The highest BCUT2D eigenvalue weighted by Crippen LogP contribution is 2.39. The molecule has 1 saturated carbocycles. The van der Waals surface area contributed by atoms with Crippen molar-refractivity contribution in [3.05, 3.63) is 106 Å². The number of amides is 2. The van der Waals surface area contributed by atoms with E-state index in [9.17, 15) is 19.5 Å². The van der Waals surface area contributed by atoms with E-state index in [1.54, 1.807) is 11.1 Å². The third-order valence-corrected chi connectivity index (χ3v) is 11.8. The van der Waals surface area contributed by atoms with Crippen LogP contribution in [0.2, 0.25) is 0 Å². The number of benzene rings is 1. The second-order valence-corrected chi connectivity index (χ2v) is 15.1. The fraction of sp³-hybridized carbons (Fsp3) is 0.395. The number of halogens is 1. The highest BCUT2D eigenvalue weighted by molar-refractivity contribution is 7.17. The second kappa shape index (κ2) is 12.9. The maximum Gasteiger partial charge on any atom is 0.266 e. The zero-order valence-corrected chi connectivity index (χ0v) is 28.7. The molecule has 0 spiro atoms. The smallest absolute Gasteiger partial charge is 0.266 e. The summed E-state index contributed by atoms with van der Waals surface area (Å²) in [5.41, 5.74) is 1.93. The summed E-state index contributed by atoms with van der Waals surface area (Å²) in [4.78, 5) is 54.3. The average Bonchev–Trinajstić information content (AvgIpc) is 3.76. The molecule has 1 N–H and O–H groups in total. The van der Waals surface area contributed by atoms with Gasteiger partial charge in [-0.15, -0.1) is 11.3 Å². The Bertz CT molecular complexity index is 2110. The number of piperidine rings is 2. The number of aryl methyl sites for hydroxylation is 1. The highest BCUT2D eigenvalue weighted by atomic mass is 32.1. The third kappa shape index (κ3) is 6.15. The van der Waals surface area contributed by atoms with Crippen molar-refractivity contribution in [1.82, 2.24) is 28.9 Å². The first kappa shape index (κ1) is 32.5. The Morgan fingerprint density at radius 2 is 1.78 bits per heavy atom. The van der Waals surface area contributed by atoms with Gasteiger partial charge in [-0.25, -0.2) is 9.37 Å². The van der Waals surface area contributed by atoms with Gasteiger partial charge in [0.25, 0.3) is 11.5 Å². The van der Waals surface area contributed by atoms with Crippen LogP contribution in [0.3, 0.4) is 0 Å². The van der Waals surface area contributed by atoms with E-state index in [2.05, 4.69) is 14.5 Å². The normalized spacial score (nSPS) is 20.7. The molecule has 0 bridgehead atoms. The van der Waals surface area contributed by atoms with Crippen molar-refractivity contribution in [2.24, 2.45) is 5.92 Å². The summed E-state index contributed by atoms with van der Waals surface area (Å²) < 4.78 is 18.8. The van der Waals surface area contributed by atoms with Crippen LogP contribution in [0.25, 0.3) is 21.5 Å². The first-order valence-electron chi connectivity index (χ1n) is 17.3. The van der Waals surface area contributed by atoms with Gasteiger partial charge in [0.15, 0.2) is 0 Å².